The molecule has 0 heterocycles. The highest BCUT2D eigenvalue weighted by molar-refractivity contribution is 5.95. The van der Waals surface area contributed by atoms with Gasteiger partial charge in [-0.3, -0.25) is 4.79 Å². The predicted octanol–water partition coefficient (Wildman–Crippen LogP) is 0.978. The van der Waals surface area contributed by atoms with Gasteiger partial charge < -0.3 is 15.6 Å². The Morgan fingerprint density at radius 1 is 1.44 bits per heavy atom. The van der Waals surface area contributed by atoms with E-state index >= 15 is 0 Å². The second-order valence-electron chi connectivity index (χ2n) is 3.50. The fourth-order valence-electron chi connectivity index (χ4n) is 1.20. The van der Waals surface area contributed by atoms with E-state index in [1.807, 2.05) is 6.92 Å². The van der Waals surface area contributed by atoms with Gasteiger partial charge in [0, 0.05) is 18.5 Å². The van der Waals surface area contributed by atoms with Crippen LogP contribution in [0.2, 0.25) is 0 Å². The lowest BCUT2D eigenvalue weighted by Gasteiger charge is -2.10. The lowest BCUT2D eigenvalue weighted by molar-refractivity contribution is 0.0987. The molecule has 4 nitrogen and oxygen atoms in total. The number of hydrogen-bond acceptors (Lipinski definition) is 4. The van der Waals surface area contributed by atoms with Gasteiger partial charge in [0.1, 0.15) is 18.5 Å². The lowest BCUT2D eigenvalue weighted by Crippen LogP contribution is -2.26. The van der Waals surface area contributed by atoms with Gasteiger partial charge in [-0.05, 0) is 24.3 Å². The van der Waals surface area contributed by atoms with E-state index in [1.54, 1.807) is 24.3 Å². The summed E-state index contributed by atoms with van der Waals surface area (Å²) in [5, 5.41) is 9.20. The van der Waals surface area contributed by atoms with E-state index in [-0.39, 0.29) is 18.9 Å². The van der Waals surface area contributed by atoms with E-state index in [2.05, 4.69) is 0 Å². The summed E-state index contributed by atoms with van der Waals surface area (Å²) in [6, 6.07) is 6.87. The summed E-state index contributed by atoms with van der Waals surface area (Å²) in [4.78, 5) is 11.3. The van der Waals surface area contributed by atoms with Crippen LogP contribution in [0.4, 0.5) is 0 Å². The second-order valence-corrected chi connectivity index (χ2v) is 3.50. The monoisotopic (exact) mass is 223 g/mol. The van der Waals surface area contributed by atoms with Crippen molar-refractivity contribution >= 4 is 5.78 Å². The quantitative estimate of drug-likeness (QED) is 0.705. The van der Waals surface area contributed by atoms with Crippen LogP contribution in [0.3, 0.4) is 0 Å². The lowest BCUT2D eigenvalue weighted by atomic mass is 10.1. The molecule has 0 aliphatic rings. The Morgan fingerprint density at radius 2 is 2.06 bits per heavy atom. The predicted molar refractivity (Wildman–Crippen MR) is 61.6 cm³/mol. The molecular formula is C12H17NO3. The standard InChI is InChI=1S/C12H17NO3/c1-2-12(15)9-3-5-11(6-4-9)16-8-10(14)7-13/h3-6,10,14H,2,7-8,13H2,1H3. The number of aliphatic hydroxyl groups is 1. The SMILES string of the molecule is CCC(=O)c1ccc(OCC(O)CN)cc1. The summed E-state index contributed by atoms with van der Waals surface area (Å²) in [5.41, 5.74) is 5.92. The van der Waals surface area contributed by atoms with E-state index in [0.29, 0.717) is 17.7 Å². The number of aliphatic hydroxyl groups excluding tert-OH is 1. The molecule has 0 aliphatic heterocycles. The summed E-state index contributed by atoms with van der Waals surface area (Å²) in [7, 11) is 0. The van der Waals surface area contributed by atoms with Crippen molar-refractivity contribution in [2.45, 2.75) is 19.4 Å². The number of nitrogens with two attached hydrogens (primary N) is 1. The Bertz CT molecular complexity index is 335. The van der Waals surface area contributed by atoms with Crippen molar-refractivity contribution in [2.24, 2.45) is 5.73 Å². The topological polar surface area (TPSA) is 72.5 Å². The molecule has 0 spiro atoms. The molecule has 0 radical (unpaired) electrons. The Morgan fingerprint density at radius 3 is 2.56 bits per heavy atom. The molecule has 0 fully saturated rings. The van der Waals surface area contributed by atoms with Crippen LogP contribution in [-0.2, 0) is 0 Å². The zero-order valence-electron chi connectivity index (χ0n) is 9.35. The molecule has 0 bridgehead atoms. The van der Waals surface area contributed by atoms with Crippen LogP contribution in [0, 0.1) is 0 Å². The van der Waals surface area contributed by atoms with Gasteiger partial charge in [0.15, 0.2) is 5.78 Å². The molecule has 3 N–H and O–H groups in total. The van der Waals surface area contributed by atoms with Crippen LogP contribution in [0.25, 0.3) is 0 Å². The normalized spacial score (nSPS) is 12.2. The fourth-order valence-corrected chi connectivity index (χ4v) is 1.20. The van der Waals surface area contributed by atoms with Gasteiger partial charge in [0.05, 0.1) is 0 Å². The molecule has 1 atom stereocenters. The number of carbonyl (C=O) groups is 1. The summed E-state index contributed by atoms with van der Waals surface area (Å²) < 4.78 is 5.29. The average molecular weight is 223 g/mol. The first-order valence-corrected chi connectivity index (χ1v) is 5.31. The minimum absolute atomic E-state index is 0.105. The van der Waals surface area contributed by atoms with Crippen LogP contribution in [-0.4, -0.2) is 30.1 Å². The highest BCUT2D eigenvalue weighted by Crippen LogP contribution is 2.13. The number of Topliss-reactive ketones (excluding diaryl/α,β-unsaturated/α-hetero) is 1. The van der Waals surface area contributed by atoms with Crippen molar-refractivity contribution in [1.82, 2.24) is 0 Å². The molecule has 4 heteroatoms. The van der Waals surface area contributed by atoms with Crippen molar-refractivity contribution in [1.29, 1.82) is 0 Å². The van der Waals surface area contributed by atoms with Crippen LogP contribution < -0.4 is 10.5 Å². The first-order valence-electron chi connectivity index (χ1n) is 5.31. The number of benzene rings is 1. The maximum Gasteiger partial charge on any atom is 0.162 e. The average Bonchev–Trinajstić information content (AvgIpc) is 2.35. The van der Waals surface area contributed by atoms with Crippen molar-refractivity contribution in [3.63, 3.8) is 0 Å². The number of rotatable bonds is 6. The van der Waals surface area contributed by atoms with Gasteiger partial charge in [0.2, 0.25) is 0 Å². The second kappa shape index (κ2) is 6.25. The molecule has 16 heavy (non-hydrogen) atoms. The molecule has 0 aromatic heterocycles. The fraction of sp³-hybridized carbons (Fsp3) is 0.417. The summed E-state index contributed by atoms with van der Waals surface area (Å²) in [6.45, 7) is 2.16. The molecule has 0 saturated heterocycles. The van der Waals surface area contributed by atoms with Crippen LogP contribution in [0.5, 0.6) is 5.75 Å². The van der Waals surface area contributed by atoms with Crippen molar-refractivity contribution in [3.8, 4) is 5.75 Å². The molecule has 1 aromatic carbocycles. The zero-order valence-corrected chi connectivity index (χ0v) is 9.35. The third-order valence-electron chi connectivity index (χ3n) is 2.21. The first-order chi connectivity index (χ1) is 7.67. The van der Waals surface area contributed by atoms with Gasteiger partial charge in [-0.1, -0.05) is 6.92 Å². The first kappa shape index (κ1) is 12.7. The Kier molecular flexibility index (Phi) is 4.95. The molecule has 1 aromatic rings. The molecule has 0 aliphatic carbocycles. The van der Waals surface area contributed by atoms with Crippen molar-refractivity contribution < 1.29 is 14.6 Å². The Labute approximate surface area is 95.0 Å². The summed E-state index contributed by atoms with van der Waals surface area (Å²) >= 11 is 0. The van der Waals surface area contributed by atoms with Gasteiger partial charge in [-0.15, -0.1) is 0 Å². The van der Waals surface area contributed by atoms with Crippen LogP contribution in [0.15, 0.2) is 24.3 Å². The summed E-state index contributed by atoms with van der Waals surface area (Å²) in [5.74, 6) is 0.730. The van der Waals surface area contributed by atoms with Crippen molar-refractivity contribution in [3.05, 3.63) is 29.8 Å². The molecule has 0 saturated carbocycles. The molecular weight excluding hydrogens is 206 g/mol. The molecule has 1 rings (SSSR count). The maximum atomic E-state index is 11.3. The van der Waals surface area contributed by atoms with E-state index in [9.17, 15) is 9.90 Å². The van der Waals surface area contributed by atoms with Crippen LogP contribution >= 0.6 is 0 Å². The van der Waals surface area contributed by atoms with Crippen LogP contribution in [0.1, 0.15) is 23.7 Å². The largest absolute Gasteiger partial charge is 0.491 e. The Balaban J connectivity index is 2.54. The minimum atomic E-state index is -0.656. The van der Waals surface area contributed by atoms with E-state index in [0.717, 1.165) is 0 Å². The highest BCUT2D eigenvalue weighted by atomic mass is 16.5. The minimum Gasteiger partial charge on any atom is -0.491 e. The van der Waals surface area contributed by atoms with E-state index in [4.69, 9.17) is 10.5 Å². The Hall–Kier alpha value is -1.39. The third kappa shape index (κ3) is 3.64. The molecule has 1 unspecified atom stereocenters. The van der Waals surface area contributed by atoms with E-state index < -0.39 is 6.10 Å². The van der Waals surface area contributed by atoms with Gasteiger partial charge in [-0.2, -0.15) is 0 Å². The van der Waals surface area contributed by atoms with Crippen molar-refractivity contribution in [2.75, 3.05) is 13.2 Å². The number of ketones is 1. The number of hydrogen-bond donors (Lipinski definition) is 2. The highest BCUT2D eigenvalue weighted by Gasteiger charge is 2.04. The maximum absolute atomic E-state index is 11.3. The molecule has 0 amide bonds. The third-order valence-corrected chi connectivity index (χ3v) is 2.21. The van der Waals surface area contributed by atoms with Gasteiger partial charge >= 0.3 is 0 Å². The smallest absolute Gasteiger partial charge is 0.162 e. The number of ether oxygens (including phenoxy) is 1. The van der Waals surface area contributed by atoms with Gasteiger partial charge in [-0.25, -0.2) is 0 Å². The summed E-state index contributed by atoms with van der Waals surface area (Å²) in [6.07, 6.45) is -0.163. The van der Waals surface area contributed by atoms with Gasteiger partial charge in [0.25, 0.3) is 0 Å². The molecule has 88 valence electrons. The number of carbonyl (C=O) groups excluding carboxylic acids is 1. The zero-order chi connectivity index (χ0) is 12.0. The van der Waals surface area contributed by atoms with E-state index in [1.165, 1.54) is 0 Å².